The molecule has 0 aliphatic heterocycles. The fourth-order valence-electron chi connectivity index (χ4n) is 0.833. The molecule has 0 spiro atoms. The van der Waals surface area contributed by atoms with Crippen LogP contribution < -0.4 is 0 Å². The van der Waals surface area contributed by atoms with E-state index >= 15 is 0 Å². The summed E-state index contributed by atoms with van der Waals surface area (Å²) in [5.41, 5.74) is -1.12. The van der Waals surface area contributed by atoms with Crippen molar-refractivity contribution < 1.29 is 48.5 Å². The van der Waals surface area contributed by atoms with E-state index in [-0.39, 0.29) is 22.4 Å². The van der Waals surface area contributed by atoms with Gasteiger partial charge < -0.3 is 0 Å². The van der Waals surface area contributed by atoms with Crippen molar-refractivity contribution in [3.05, 3.63) is 29.8 Å². The Balaban J connectivity index is 0.00000196. The minimum atomic E-state index is -4.62. The SMILES string of the molecule is O=S(=O)(O)c1cccc(C(F)(F)F)c1.[Ag]. The zero-order valence-corrected chi connectivity index (χ0v) is 9.22. The number of alkyl halides is 3. The second-order valence-electron chi connectivity index (χ2n) is 2.50. The van der Waals surface area contributed by atoms with Crippen molar-refractivity contribution in [3.63, 3.8) is 0 Å². The van der Waals surface area contributed by atoms with Gasteiger partial charge in [-0.25, -0.2) is 0 Å². The standard InChI is InChI=1S/C7H5F3O3S.Ag/c8-7(9,10)5-2-1-3-6(4-5)14(11,12)13;/h1-4H,(H,11,12,13);. The maximum absolute atomic E-state index is 12.1. The van der Waals surface area contributed by atoms with Crippen molar-refractivity contribution in [2.45, 2.75) is 11.1 Å². The van der Waals surface area contributed by atoms with Crippen LogP contribution in [0.15, 0.2) is 29.2 Å². The normalized spacial score (nSPS) is 12.0. The Bertz CT molecular complexity index is 441. The molecule has 8 heteroatoms. The van der Waals surface area contributed by atoms with E-state index in [1.54, 1.807) is 0 Å². The van der Waals surface area contributed by atoms with Crippen LogP contribution in [0.2, 0.25) is 0 Å². The van der Waals surface area contributed by atoms with E-state index in [1.807, 2.05) is 0 Å². The molecule has 0 saturated carbocycles. The van der Waals surface area contributed by atoms with Gasteiger partial charge in [0.05, 0.1) is 10.5 Å². The molecule has 0 amide bonds. The predicted molar refractivity (Wildman–Crippen MR) is 41.3 cm³/mol. The molecule has 1 aromatic rings. The second kappa shape index (κ2) is 4.67. The molecule has 0 saturated heterocycles. The Labute approximate surface area is 99.6 Å². The van der Waals surface area contributed by atoms with Crippen molar-refractivity contribution in [1.29, 1.82) is 0 Å². The van der Waals surface area contributed by atoms with Gasteiger partial charge in [-0.15, -0.1) is 0 Å². The van der Waals surface area contributed by atoms with Gasteiger partial charge in [-0.3, -0.25) is 4.55 Å². The van der Waals surface area contributed by atoms with E-state index in [4.69, 9.17) is 4.55 Å². The Morgan fingerprint density at radius 3 is 2.13 bits per heavy atom. The Hall–Kier alpha value is -0.340. The zero-order valence-electron chi connectivity index (χ0n) is 6.92. The molecule has 0 fully saturated rings. The first-order valence-corrected chi connectivity index (χ1v) is 4.80. The maximum Gasteiger partial charge on any atom is 0.416 e. The summed E-state index contributed by atoms with van der Waals surface area (Å²) in [7, 11) is -4.59. The molecule has 0 atom stereocenters. The fraction of sp³-hybridized carbons (Fsp3) is 0.143. The molecule has 0 aromatic heterocycles. The maximum atomic E-state index is 12.1. The smallest absolute Gasteiger partial charge is 0.282 e. The van der Waals surface area contributed by atoms with E-state index in [1.165, 1.54) is 0 Å². The topological polar surface area (TPSA) is 54.4 Å². The first-order valence-electron chi connectivity index (χ1n) is 3.36. The number of halogens is 3. The van der Waals surface area contributed by atoms with Crippen molar-refractivity contribution >= 4 is 10.1 Å². The molecule has 0 aliphatic carbocycles. The quantitative estimate of drug-likeness (QED) is 0.631. The molecule has 0 aliphatic rings. The average Bonchev–Trinajstić information content (AvgIpc) is 2.01. The van der Waals surface area contributed by atoms with Crippen LogP contribution in [-0.4, -0.2) is 13.0 Å². The van der Waals surface area contributed by atoms with Gasteiger partial charge >= 0.3 is 6.18 Å². The number of hydrogen-bond acceptors (Lipinski definition) is 2. The molecule has 0 bridgehead atoms. The van der Waals surface area contributed by atoms with Gasteiger partial charge in [-0.1, -0.05) is 6.07 Å². The van der Waals surface area contributed by atoms with Gasteiger partial charge in [0.2, 0.25) is 0 Å². The second-order valence-corrected chi connectivity index (χ2v) is 3.92. The van der Waals surface area contributed by atoms with E-state index < -0.39 is 26.8 Å². The summed E-state index contributed by atoms with van der Waals surface area (Å²) in [6.07, 6.45) is -4.62. The minimum Gasteiger partial charge on any atom is -0.282 e. The Morgan fingerprint density at radius 2 is 1.73 bits per heavy atom. The van der Waals surface area contributed by atoms with Crippen molar-refractivity contribution in [1.82, 2.24) is 0 Å². The molecule has 3 nitrogen and oxygen atoms in total. The summed E-state index contributed by atoms with van der Waals surface area (Å²) in [4.78, 5) is -0.771. The van der Waals surface area contributed by atoms with Gasteiger partial charge in [0.25, 0.3) is 10.1 Å². The Morgan fingerprint density at radius 1 is 1.20 bits per heavy atom. The predicted octanol–water partition coefficient (Wildman–Crippen LogP) is 1.95. The van der Waals surface area contributed by atoms with Crippen molar-refractivity contribution in [2.24, 2.45) is 0 Å². The fourth-order valence-corrected chi connectivity index (χ4v) is 1.36. The average molecular weight is 334 g/mol. The van der Waals surface area contributed by atoms with Crippen molar-refractivity contribution in [2.75, 3.05) is 0 Å². The number of rotatable bonds is 1. The molecule has 89 valence electrons. The van der Waals surface area contributed by atoms with E-state index in [2.05, 4.69) is 0 Å². The van der Waals surface area contributed by atoms with E-state index in [0.29, 0.717) is 12.1 Å². The molecule has 0 unspecified atom stereocenters. The largest absolute Gasteiger partial charge is 0.416 e. The molecule has 1 radical (unpaired) electrons. The summed E-state index contributed by atoms with van der Waals surface area (Å²) in [6, 6.07) is 2.88. The molecule has 1 aromatic carbocycles. The van der Waals surface area contributed by atoms with E-state index in [9.17, 15) is 21.6 Å². The summed E-state index contributed by atoms with van der Waals surface area (Å²) in [5.74, 6) is 0. The molecule has 1 rings (SSSR count). The first-order chi connectivity index (χ1) is 6.21. The van der Waals surface area contributed by atoms with Crippen LogP contribution in [0.1, 0.15) is 5.56 Å². The Kier molecular flexibility index (Phi) is 4.56. The van der Waals surface area contributed by atoms with Crippen LogP contribution in [0, 0.1) is 0 Å². The van der Waals surface area contributed by atoms with Gasteiger partial charge in [-0.05, 0) is 18.2 Å². The molecule has 15 heavy (non-hydrogen) atoms. The number of benzene rings is 1. The van der Waals surface area contributed by atoms with Gasteiger partial charge in [-0.2, -0.15) is 21.6 Å². The monoisotopic (exact) mass is 333 g/mol. The summed E-state index contributed by atoms with van der Waals surface area (Å²) in [6.45, 7) is 0. The number of hydrogen-bond donors (Lipinski definition) is 1. The first kappa shape index (κ1) is 14.7. The van der Waals surface area contributed by atoms with Crippen LogP contribution >= 0.6 is 0 Å². The van der Waals surface area contributed by atoms with Crippen LogP contribution in [0.5, 0.6) is 0 Å². The molecular weight excluding hydrogens is 329 g/mol. The third-order valence-corrected chi connectivity index (χ3v) is 2.31. The summed E-state index contributed by atoms with van der Waals surface area (Å²) in [5, 5.41) is 0. The van der Waals surface area contributed by atoms with E-state index in [0.717, 1.165) is 12.1 Å². The van der Waals surface area contributed by atoms with Gasteiger partial charge in [0, 0.05) is 22.4 Å². The molecule has 1 N–H and O–H groups in total. The van der Waals surface area contributed by atoms with Gasteiger partial charge in [0.1, 0.15) is 0 Å². The molecule has 0 heterocycles. The zero-order chi connectivity index (χ0) is 11.0. The summed E-state index contributed by atoms with van der Waals surface area (Å²) >= 11 is 0. The van der Waals surface area contributed by atoms with Crippen LogP contribution in [0.3, 0.4) is 0 Å². The molecular formula is C7H5AgF3O3S. The third kappa shape index (κ3) is 3.96. The summed E-state index contributed by atoms with van der Waals surface area (Å²) < 4.78 is 65.7. The van der Waals surface area contributed by atoms with Crippen molar-refractivity contribution in [3.8, 4) is 0 Å². The van der Waals surface area contributed by atoms with Gasteiger partial charge in [0.15, 0.2) is 0 Å². The van der Waals surface area contributed by atoms with Crippen LogP contribution in [0.4, 0.5) is 13.2 Å². The minimum absolute atomic E-state index is 0. The third-order valence-electron chi connectivity index (χ3n) is 1.46. The van der Waals surface area contributed by atoms with Crippen LogP contribution in [0.25, 0.3) is 0 Å². The van der Waals surface area contributed by atoms with Crippen LogP contribution in [-0.2, 0) is 38.7 Å².